The fourth-order valence-corrected chi connectivity index (χ4v) is 2.12. The molecule has 0 aliphatic carbocycles. The van der Waals surface area contributed by atoms with Crippen molar-refractivity contribution in [3.8, 4) is 0 Å². The first-order chi connectivity index (χ1) is 9.27. The molecule has 4 nitrogen and oxygen atoms in total. The number of para-hydroxylation sites is 1. The quantitative estimate of drug-likeness (QED) is 0.823. The molecule has 19 heavy (non-hydrogen) atoms. The van der Waals surface area contributed by atoms with Crippen molar-refractivity contribution in [1.82, 2.24) is 4.98 Å². The van der Waals surface area contributed by atoms with E-state index in [1.165, 1.54) is 5.01 Å². The molecule has 0 bridgehead atoms. The Morgan fingerprint density at radius 2 is 1.89 bits per heavy atom. The highest BCUT2D eigenvalue weighted by atomic mass is 16.2. The zero-order valence-electron chi connectivity index (χ0n) is 10.5. The lowest BCUT2D eigenvalue weighted by Crippen LogP contribution is -2.25. The molecule has 2 aromatic rings. The van der Waals surface area contributed by atoms with Crippen molar-refractivity contribution < 1.29 is 4.79 Å². The van der Waals surface area contributed by atoms with Crippen LogP contribution in [-0.4, -0.2) is 16.6 Å². The molecule has 1 aliphatic rings. The number of carbonyl (C=O) groups excluding carboxylic acids is 1. The summed E-state index contributed by atoms with van der Waals surface area (Å²) in [7, 11) is 0. The number of amides is 1. The van der Waals surface area contributed by atoms with Crippen LogP contribution in [0.25, 0.3) is 0 Å². The third kappa shape index (κ3) is 2.01. The number of hydrogen-bond donors (Lipinski definition) is 0. The predicted molar refractivity (Wildman–Crippen MR) is 73.9 cm³/mol. The summed E-state index contributed by atoms with van der Waals surface area (Å²) in [5.41, 5.74) is 2.45. The molecule has 3 rings (SSSR count). The Morgan fingerprint density at radius 1 is 1.11 bits per heavy atom. The van der Waals surface area contributed by atoms with Crippen LogP contribution in [0.15, 0.2) is 60.0 Å². The van der Waals surface area contributed by atoms with Gasteiger partial charge in [-0.3, -0.25) is 9.78 Å². The smallest absolute Gasteiger partial charge is 0.256 e. The van der Waals surface area contributed by atoms with Gasteiger partial charge in [-0.2, -0.15) is 10.1 Å². The third-order valence-corrected chi connectivity index (χ3v) is 3.16. The highest BCUT2D eigenvalue weighted by molar-refractivity contribution is 6.21. The minimum Gasteiger partial charge on any atom is -0.272 e. The first-order valence-corrected chi connectivity index (χ1v) is 6.15. The Labute approximate surface area is 111 Å². The van der Waals surface area contributed by atoms with Gasteiger partial charge in [-0.25, -0.2) is 0 Å². The molecule has 0 N–H and O–H groups in total. The zero-order valence-corrected chi connectivity index (χ0v) is 10.5. The van der Waals surface area contributed by atoms with Crippen LogP contribution in [0.5, 0.6) is 0 Å². The summed E-state index contributed by atoms with van der Waals surface area (Å²) in [5, 5.41) is 5.92. The minimum atomic E-state index is -0.246. The maximum Gasteiger partial charge on any atom is 0.256 e. The number of hydrogen-bond acceptors (Lipinski definition) is 3. The first-order valence-electron chi connectivity index (χ1n) is 6.15. The predicted octanol–water partition coefficient (Wildman–Crippen LogP) is 2.47. The topological polar surface area (TPSA) is 45.6 Å². The molecular weight excluding hydrogens is 238 g/mol. The second kappa shape index (κ2) is 4.65. The molecule has 0 saturated carbocycles. The molecule has 0 spiro atoms. The van der Waals surface area contributed by atoms with Crippen molar-refractivity contribution in [3.05, 3.63) is 60.4 Å². The summed E-state index contributed by atoms with van der Waals surface area (Å²) >= 11 is 0. The molecule has 1 aromatic carbocycles. The average molecular weight is 251 g/mol. The number of hydrazone groups is 1. The Balaban J connectivity index is 2.01. The van der Waals surface area contributed by atoms with Crippen molar-refractivity contribution in [2.24, 2.45) is 11.0 Å². The highest BCUT2D eigenvalue weighted by Gasteiger charge is 2.33. The van der Waals surface area contributed by atoms with Crippen molar-refractivity contribution in [1.29, 1.82) is 0 Å². The first kappa shape index (κ1) is 11.6. The number of rotatable bonds is 2. The van der Waals surface area contributed by atoms with Gasteiger partial charge >= 0.3 is 0 Å². The molecule has 1 aromatic heterocycles. The van der Waals surface area contributed by atoms with Gasteiger partial charge in [0.1, 0.15) is 0 Å². The van der Waals surface area contributed by atoms with E-state index >= 15 is 0 Å². The molecule has 1 unspecified atom stereocenters. The number of carbonyl (C=O) groups is 1. The largest absolute Gasteiger partial charge is 0.272 e. The summed E-state index contributed by atoms with van der Waals surface area (Å²) < 4.78 is 0. The van der Waals surface area contributed by atoms with Gasteiger partial charge in [0.2, 0.25) is 0 Å². The van der Waals surface area contributed by atoms with Gasteiger partial charge in [0.25, 0.3) is 5.91 Å². The molecule has 1 aliphatic heterocycles. The molecule has 94 valence electrons. The fourth-order valence-electron chi connectivity index (χ4n) is 2.12. The summed E-state index contributed by atoms with van der Waals surface area (Å²) in [6.07, 6.45) is 3.44. The average Bonchev–Trinajstić information content (AvgIpc) is 2.77. The molecular formula is C15H13N3O. The van der Waals surface area contributed by atoms with Crippen LogP contribution in [0.2, 0.25) is 0 Å². The lowest BCUT2D eigenvalue weighted by Gasteiger charge is -2.11. The lowest BCUT2D eigenvalue weighted by atomic mass is 10.0. The molecule has 4 heteroatoms. The highest BCUT2D eigenvalue weighted by Crippen LogP contribution is 2.25. The molecule has 2 heterocycles. The second-order valence-electron chi connectivity index (χ2n) is 4.43. The van der Waals surface area contributed by atoms with E-state index in [4.69, 9.17) is 0 Å². The van der Waals surface area contributed by atoms with E-state index in [0.717, 1.165) is 17.0 Å². The lowest BCUT2D eigenvalue weighted by molar-refractivity contribution is -0.119. The van der Waals surface area contributed by atoms with Crippen molar-refractivity contribution in [2.75, 3.05) is 5.01 Å². The van der Waals surface area contributed by atoms with Crippen molar-refractivity contribution in [2.45, 2.75) is 6.92 Å². The van der Waals surface area contributed by atoms with Crippen LogP contribution >= 0.6 is 0 Å². The van der Waals surface area contributed by atoms with E-state index in [9.17, 15) is 4.79 Å². The van der Waals surface area contributed by atoms with Crippen LogP contribution < -0.4 is 5.01 Å². The maximum atomic E-state index is 12.3. The summed E-state index contributed by atoms with van der Waals surface area (Å²) in [5.74, 6) is -0.255. The van der Waals surface area contributed by atoms with Crippen molar-refractivity contribution in [3.63, 3.8) is 0 Å². The Bertz CT molecular complexity index is 622. The van der Waals surface area contributed by atoms with Gasteiger partial charge in [0, 0.05) is 18.0 Å². The standard InChI is InChI=1S/C15H13N3O/c1-11-14(12-6-5-9-16-10-12)17-18(15(11)19)13-7-3-2-4-8-13/h2-11H,1H3. The van der Waals surface area contributed by atoms with Crippen LogP contribution in [-0.2, 0) is 4.79 Å². The molecule has 1 atom stereocenters. The van der Waals surface area contributed by atoms with Gasteiger partial charge in [-0.1, -0.05) is 18.2 Å². The molecule has 0 saturated heterocycles. The molecule has 0 radical (unpaired) electrons. The van der Waals surface area contributed by atoms with E-state index in [0.29, 0.717) is 0 Å². The second-order valence-corrected chi connectivity index (χ2v) is 4.43. The maximum absolute atomic E-state index is 12.3. The normalized spacial score (nSPS) is 18.6. The number of benzene rings is 1. The minimum absolute atomic E-state index is 0.00921. The number of nitrogens with zero attached hydrogens (tertiary/aromatic N) is 3. The van der Waals surface area contributed by atoms with E-state index in [1.807, 2.05) is 49.4 Å². The van der Waals surface area contributed by atoms with E-state index < -0.39 is 0 Å². The number of pyridine rings is 1. The van der Waals surface area contributed by atoms with Crippen LogP contribution in [0.1, 0.15) is 12.5 Å². The molecule has 0 fully saturated rings. The SMILES string of the molecule is CC1C(=O)N(c2ccccc2)N=C1c1cccnc1. The van der Waals surface area contributed by atoms with Crippen LogP contribution in [0.4, 0.5) is 5.69 Å². The van der Waals surface area contributed by atoms with Crippen LogP contribution in [0, 0.1) is 5.92 Å². The Hall–Kier alpha value is -2.49. The summed E-state index contributed by atoms with van der Waals surface area (Å²) in [6.45, 7) is 1.87. The van der Waals surface area contributed by atoms with E-state index in [2.05, 4.69) is 10.1 Å². The van der Waals surface area contributed by atoms with Crippen LogP contribution in [0.3, 0.4) is 0 Å². The summed E-state index contributed by atoms with van der Waals surface area (Å²) in [6, 6.07) is 13.2. The fraction of sp³-hybridized carbons (Fsp3) is 0.133. The van der Waals surface area contributed by atoms with Gasteiger partial charge in [0.15, 0.2) is 0 Å². The van der Waals surface area contributed by atoms with Gasteiger partial charge < -0.3 is 0 Å². The zero-order chi connectivity index (χ0) is 13.2. The van der Waals surface area contributed by atoms with Crippen molar-refractivity contribution >= 4 is 17.3 Å². The number of aromatic nitrogens is 1. The Kier molecular flexibility index (Phi) is 2.83. The Morgan fingerprint density at radius 3 is 2.58 bits per heavy atom. The monoisotopic (exact) mass is 251 g/mol. The molecule has 1 amide bonds. The van der Waals surface area contributed by atoms with E-state index in [-0.39, 0.29) is 11.8 Å². The van der Waals surface area contributed by atoms with E-state index in [1.54, 1.807) is 12.4 Å². The third-order valence-electron chi connectivity index (χ3n) is 3.16. The van der Waals surface area contributed by atoms with Gasteiger partial charge in [0.05, 0.1) is 17.3 Å². The number of anilines is 1. The summed E-state index contributed by atoms with van der Waals surface area (Å²) in [4.78, 5) is 16.4. The van der Waals surface area contributed by atoms with Gasteiger partial charge in [-0.15, -0.1) is 0 Å². The van der Waals surface area contributed by atoms with Gasteiger partial charge in [-0.05, 0) is 31.2 Å².